The Morgan fingerprint density at radius 2 is 1.56 bits per heavy atom. The van der Waals surface area contributed by atoms with Gasteiger partial charge in [0.15, 0.2) is 11.0 Å². The lowest BCUT2D eigenvalue weighted by Gasteiger charge is -2.12. The third-order valence-electron chi connectivity index (χ3n) is 5.51. The maximum Gasteiger partial charge on any atom is 0.196 e. The summed E-state index contributed by atoms with van der Waals surface area (Å²) in [5.74, 6) is 2.45. The number of nitrogens with zero attached hydrogens (tertiary/aromatic N) is 3. The molecular formula is C27H23N3OS. The second-order valence-corrected chi connectivity index (χ2v) is 8.58. The van der Waals surface area contributed by atoms with Crippen molar-refractivity contribution in [3.8, 4) is 22.8 Å². The van der Waals surface area contributed by atoms with Crippen molar-refractivity contribution in [1.29, 1.82) is 0 Å². The molecule has 1 aromatic heterocycles. The number of methoxy groups -OCH3 is 1. The summed E-state index contributed by atoms with van der Waals surface area (Å²) < 4.78 is 7.45. The van der Waals surface area contributed by atoms with Crippen LogP contribution in [0.3, 0.4) is 0 Å². The minimum absolute atomic E-state index is 0.813. The Hall–Kier alpha value is -3.57. The molecule has 0 bridgehead atoms. The maximum atomic E-state index is 5.31. The molecule has 32 heavy (non-hydrogen) atoms. The predicted octanol–water partition coefficient (Wildman–Crippen LogP) is 6.70. The zero-order valence-electron chi connectivity index (χ0n) is 18.0. The Morgan fingerprint density at radius 3 is 2.34 bits per heavy atom. The first-order valence-corrected chi connectivity index (χ1v) is 11.5. The number of hydrogen-bond acceptors (Lipinski definition) is 4. The van der Waals surface area contributed by atoms with Crippen molar-refractivity contribution in [1.82, 2.24) is 14.8 Å². The summed E-state index contributed by atoms with van der Waals surface area (Å²) in [4.78, 5) is 0. The van der Waals surface area contributed by atoms with E-state index in [2.05, 4.69) is 88.4 Å². The molecule has 5 aromatic rings. The van der Waals surface area contributed by atoms with Gasteiger partial charge in [0.1, 0.15) is 5.75 Å². The van der Waals surface area contributed by atoms with Crippen molar-refractivity contribution in [3.63, 3.8) is 0 Å². The molecule has 0 radical (unpaired) electrons. The van der Waals surface area contributed by atoms with E-state index in [1.807, 2.05) is 24.3 Å². The Balaban J connectivity index is 1.54. The van der Waals surface area contributed by atoms with Gasteiger partial charge in [-0.1, -0.05) is 71.9 Å². The average Bonchev–Trinajstić information content (AvgIpc) is 3.27. The highest BCUT2D eigenvalue weighted by Crippen LogP contribution is 2.32. The summed E-state index contributed by atoms with van der Waals surface area (Å²) >= 11 is 1.70. The van der Waals surface area contributed by atoms with Gasteiger partial charge in [-0.2, -0.15) is 0 Å². The molecule has 0 atom stereocenters. The summed E-state index contributed by atoms with van der Waals surface area (Å²) in [6.45, 7) is 2.09. The highest BCUT2D eigenvalue weighted by molar-refractivity contribution is 7.98. The molecule has 4 aromatic carbocycles. The second-order valence-electron chi connectivity index (χ2n) is 7.63. The monoisotopic (exact) mass is 437 g/mol. The fourth-order valence-electron chi connectivity index (χ4n) is 3.78. The summed E-state index contributed by atoms with van der Waals surface area (Å²) in [6.07, 6.45) is 0. The molecule has 0 aliphatic carbocycles. The lowest BCUT2D eigenvalue weighted by Crippen LogP contribution is -2.00. The molecule has 0 saturated heterocycles. The van der Waals surface area contributed by atoms with Crippen LogP contribution in [0.2, 0.25) is 0 Å². The van der Waals surface area contributed by atoms with E-state index in [4.69, 9.17) is 4.74 Å². The van der Waals surface area contributed by atoms with Crippen molar-refractivity contribution < 1.29 is 4.74 Å². The molecule has 158 valence electrons. The van der Waals surface area contributed by atoms with Gasteiger partial charge in [0, 0.05) is 17.0 Å². The summed E-state index contributed by atoms with van der Waals surface area (Å²) in [5, 5.41) is 12.5. The number of rotatable bonds is 6. The Kier molecular flexibility index (Phi) is 5.65. The van der Waals surface area contributed by atoms with E-state index in [0.717, 1.165) is 33.7 Å². The van der Waals surface area contributed by atoms with Gasteiger partial charge < -0.3 is 4.74 Å². The Bertz CT molecular complexity index is 1350. The van der Waals surface area contributed by atoms with Gasteiger partial charge in [-0.25, -0.2) is 0 Å². The smallest absolute Gasteiger partial charge is 0.196 e. The van der Waals surface area contributed by atoms with Crippen LogP contribution in [-0.2, 0) is 5.75 Å². The quantitative estimate of drug-likeness (QED) is 0.277. The molecule has 1 heterocycles. The highest BCUT2D eigenvalue weighted by Gasteiger charge is 2.17. The van der Waals surface area contributed by atoms with E-state index in [1.54, 1.807) is 18.9 Å². The van der Waals surface area contributed by atoms with E-state index in [-0.39, 0.29) is 0 Å². The van der Waals surface area contributed by atoms with Crippen molar-refractivity contribution in [2.24, 2.45) is 0 Å². The van der Waals surface area contributed by atoms with Crippen LogP contribution >= 0.6 is 11.8 Å². The highest BCUT2D eigenvalue weighted by atomic mass is 32.2. The fourth-order valence-corrected chi connectivity index (χ4v) is 4.73. The van der Waals surface area contributed by atoms with Crippen LogP contribution in [0.4, 0.5) is 0 Å². The number of hydrogen-bond donors (Lipinski definition) is 0. The van der Waals surface area contributed by atoms with Crippen LogP contribution in [0, 0.1) is 6.92 Å². The van der Waals surface area contributed by atoms with Gasteiger partial charge in [0.2, 0.25) is 0 Å². The zero-order valence-corrected chi connectivity index (χ0v) is 18.8. The van der Waals surface area contributed by atoms with Gasteiger partial charge in [-0.05, 0) is 59.7 Å². The minimum Gasteiger partial charge on any atom is -0.497 e. The van der Waals surface area contributed by atoms with E-state index in [0.29, 0.717) is 0 Å². The molecule has 4 nitrogen and oxygen atoms in total. The number of aromatic nitrogens is 3. The van der Waals surface area contributed by atoms with Crippen molar-refractivity contribution in [2.45, 2.75) is 17.8 Å². The number of benzene rings is 4. The minimum atomic E-state index is 0.813. The van der Waals surface area contributed by atoms with Crippen LogP contribution in [0.25, 0.3) is 27.8 Å². The van der Waals surface area contributed by atoms with Crippen LogP contribution in [0.15, 0.2) is 96.2 Å². The predicted molar refractivity (Wildman–Crippen MR) is 132 cm³/mol. The molecule has 0 spiro atoms. The number of aryl methyl sites for hydroxylation is 1. The van der Waals surface area contributed by atoms with E-state index in [1.165, 1.54) is 21.9 Å². The molecule has 0 N–H and O–H groups in total. The molecule has 0 fully saturated rings. The lowest BCUT2D eigenvalue weighted by atomic mass is 10.1. The van der Waals surface area contributed by atoms with Crippen LogP contribution < -0.4 is 4.74 Å². The average molecular weight is 438 g/mol. The first-order chi connectivity index (χ1) is 15.7. The zero-order chi connectivity index (χ0) is 21.9. The number of fused-ring (bicyclic) bond motifs is 1. The SMILES string of the molecule is COc1ccc(-c2nnc(SCc3cccc4ccccc34)n2-c2ccc(C)cc2)cc1. The Labute approximate surface area is 191 Å². The lowest BCUT2D eigenvalue weighted by molar-refractivity contribution is 0.415. The molecule has 0 unspecified atom stereocenters. The van der Waals surface area contributed by atoms with Gasteiger partial charge in [0.25, 0.3) is 0 Å². The molecular weight excluding hydrogens is 414 g/mol. The van der Waals surface area contributed by atoms with Crippen molar-refractivity contribution in [3.05, 3.63) is 102 Å². The molecule has 0 saturated carbocycles. The second kappa shape index (κ2) is 8.89. The van der Waals surface area contributed by atoms with Crippen LogP contribution in [0.5, 0.6) is 5.75 Å². The third-order valence-corrected chi connectivity index (χ3v) is 6.49. The molecule has 0 aliphatic rings. The number of ether oxygens (including phenoxy) is 1. The third kappa shape index (κ3) is 3.99. The summed E-state index contributed by atoms with van der Waals surface area (Å²) in [5.41, 5.74) is 4.55. The van der Waals surface area contributed by atoms with Gasteiger partial charge in [-0.3, -0.25) is 4.57 Å². The molecule has 0 amide bonds. The van der Waals surface area contributed by atoms with Crippen molar-refractivity contribution in [2.75, 3.05) is 7.11 Å². The first-order valence-electron chi connectivity index (χ1n) is 10.5. The van der Waals surface area contributed by atoms with E-state index in [9.17, 15) is 0 Å². The first kappa shape index (κ1) is 20.3. The maximum absolute atomic E-state index is 5.31. The van der Waals surface area contributed by atoms with E-state index >= 15 is 0 Å². The van der Waals surface area contributed by atoms with Gasteiger partial charge >= 0.3 is 0 Å². The standard InChI is InChI=1S/C27H23N3OS/c1-19-10-14-23(15-11-19)30-26(21-12-16-24(31-2)17-13-21)28-29-27(30)32-18-22-8-5-7-20-6-3-4-9-25(20)22/h3-17H,18H2,1-2H3. The normalized spacial score (nSPS) is 11.1. The fraction of sp³-hybridized carbons (Fsp3) is 0.111. The molecule has 5 heteroatoms. The Morgan fingerprint density at radius 1 is 0.812 bits per heavy atom. The van der Waals surface area contributed by atoms with Gasteiger partial charge in [-0.15, -0.1) is 10.2 Å². The largest absolute Gasteiger partial charge is 0.497 e. The van der Waals surface area contributed by atoms with Crippen LogP contribution in [-0.4, -0.2) is 21.9 Å². The number of thioether (sulfide) groups is 1. The van der Waals surface area contributed by atoms with Crippen LogP contribution in [0.1, 0.15) is 11.1 Å². The molecule has 0 aliphatic heterocycles. The van der Waals surface area contributed by atoms with Gasteiger partial charge in [0.05, 0.1) is 7.11 Å². The van der Waals surface area contributed by atoms with Crippen molar-refractivity contribution >= 4 is 22.5 Å². The summed E-state index contributed by atoms with van der Waals surface area (Å²) in [6, 6.07) is 31.4. The topological polar surface area (TPSA) is 39.9 Å². The van der Waals surface area contributed by atoms with E-state index < -0.39 is 0 Å². The summed E-state index contributed by atoms with van der Waals surface area (Å²) in [7, 11) is 1.67. The molecule has 5 rings (SSSR count).